The number of nitriles is 1. The Balaban J connectivity index is 2.82. The van der Waals surface area contributed by atoms with Crippen LogP contribution in [-0.4, -0.2) is 23.9 Å². The maximum absolute atomic E-state index is 11.1. The van der Waals surface area contributed by atoms with Gasteiger partial charge in [0.05, 0.1) is 12.5 Å². The van der Waals surface area contributed by atoms with Gasteiger partial charge < -0.3 is 4.90 Å². The largest absolute Gasteiger partial charge is 0.356 e. The van der Waals surface area contributed by atoms with Gasteiger partial charge in [0.25, 0.3) is 0 Å². The molecule has 0 spiro atoms. The van der Waals surface area contributed by atoms with Gasteiger partial charge in [0.1, 0.15) is 5.82 Å². The molecule has 1 rings (SSSR count). The van der Waals surface area contributed by atoms with Crippen LogP contribution in [0.25, 0.3) is 0 Å². The Morgan fingerprint density at radius 3 is 2.75 bits per heavy atom. The van der Waals surface area contributed by atoms with E-state index < -0.39 is 0 Å². The highest BCUT2D eigenvalue weighted by Crippen LogP contribution is 2.14. The Hall–Kier alpha value is -1.89. The lowest BCUT2D eigenvalue weighted by Gasteiger charge is -2.23. The zero-order chi connectivity index (χ0) is 12.1. The standard InChI is InChI=1S/C12H15N3O/c1-9(6-7-13)15(3)12-5-4-11(8-14-12)10(2)16/h4-5,8-9H,6H2,1-3H3. The maximum Gasteiger partial charge on any atom is 0.161 e. The van der Waals surface area contributed by atoms with Crippen molar-refractivity contribution in [3.63, 3.8) is 0 Å². The summed E-state index contributed by atoms with van der Waals surface area (Å²) in [4.78, 5) is 17.2. The first-order valence-electron chi connectivity index (χ1n) is 5.13. The van der Waals surface area contributed by atoms with E-state index in [0.29, 0.717) is 12.0 Å². The molecule has 0 radical (unpaired) electrons. The number of rotatable bonds is 4. The number of pyridine rings is 1. The molecule has 16 heavy (non-hydrogen) atoms. The Kier molecular flexibility index (Phi) is 4.01. The van der Waals surface area contributed by atoms with Gasteiger partial charge >= 0.3 is 0 Å². The molecule has 0 fully saturated rings. The summed E-state index contributed by atoms with van der Waals surface area (Å²) < 4.78 is 0. The molecule has 4 nitrogen and oxygen atoms in total. The van der Waals surface area contributed by atoms with Gasteiger partial charge in [-0.3, -0.25) is 4.79 Å². The lowest BCUT2D eigenvalue weighted by molar-refractivity contribution is 0.101. The number of hydrogen-bond acceptors (Lipinski definition) is 4. The van der Waals surface area contributed by atoms with Crippen LogP contribution in [0.3, 0.4) is 0 Å². The number of aromatic nitrogens is 1. The molecular weight excluding hydrogens is 202 g/mol. The highest BCUT2D eigenvalue weighted by atomic mass is 16.1. The zero-order valence-corrected chi connectivity index (χ0v) is 9.77. The fourth-order valence-electron chi connectivity index (χ4n) is 1.30. The van der Waals surface area contributed by atoms with Crippen LogP contribution in [-0.2, 0) is 0 Å². The summed E-state index contributed by atoms with van der Waals surface area (Å²) in [6.07, 6.45) is 2.01. The minimum Gasteiger partial charge on any atom is -0.356 e. The number of anilines is 1. The lowest BCUT2D eigenvalue weighted by Crippen LogP contribution is -2.29. The summed E-state index contributed by atoms with van der Waals surface area (Å²) >= 11 is 0. The molecule has 1 unspecified atom stereocenters. The molecule has 0 aromatic carbocycles. The molecule has 0 aliphatic heterocycles. The molecule has 0 saturated carbocycles. The topological polar surface area (TPSA) is 57.0 Å². The van der Waals surface area contributed by atoms with E-state index in [1.165, 1.54) is 6.92 Å². The summed E-state index contributed by atoms with van der Waals surface area (Å²) in [5.74, 6) is 0.777. The molecule has 0 aliphatic rings. The second kappa shape index (κ2) is 5.26. The van der Waals surface area contributed by atoms with Gasteiger partial charge in [0.2, 0.25) is 0 Å². The average Bonchev–Trinajstić information content (AvgIpc) is 2.28. The summed E-state index contributed by atoms with van der Waals surface area (Å²) in [6, 6.07) is 5.78. The normalized spacial score (nSPS) is 11.6. The van der Waals surface area contributed by atoms with E-state index in [1.807, 2.05) is 18.9 Å². The molecule has 1 aromatic rings. The van der Waals surface area contributed by atoms with E-state index >= 15 is 0 Å². The van der Waals surface area contributed by atoms with Crippen LogP contribution < -0.4 is 4.90 Å². The third kappa shape index (κ3) is 2.80. The highest BCUT2D eigenvalue weighted by Gasteiger charge is 2.10. The fraction of sp³-hybridized carbons (Fsp3) is 0.417. The maximum atomic E-state index is 11.1. The van der Waals surface area contributed by atoms with E-state index in [1.54, 1.807) is 18.3 Å². The van der Waals surface area contributed by atoms with Gasteiger partial charge in [-0.25, -0.2) is 4.98 Å². The van der Waals surface area contributed by atoms with Crippen molar-refractivity contribution >= 4 is 11.6 Å². The van der Waals surface area contributed by atoms with Crippen molar-refractivity contribution in [3.8, 4) is 6.07 Å². The molecular formula is C12H15N3O. The van der Waals surface area contributed by atoms with Crippen LogP contribution in [0.1, 0.15) is 30.6 Å². The van der Waals surface area contributed by atoms with Crippen molar-refractivity contribution in [1.29, 1.82) is 5.26 Å². The number of Topliss-reactive ketones (excluding diaryl/α,β-unsaturated/α-hetero) is 1. The van der Waals surface area contributed by atoms with Crippen LogP contribution in [0.2, 0.25) is 0 Å². The van der Waals surface area contributed by atoms with Crippen LogP contribution in [0.5, 0.6) is 0 Å². The third-order valence-electron chi connectivity index (χ3n) is 2.56. The van der Waals surface area contributed by atoms with Gasteiger partial charge in [-0.1, -0.05) is 0 Å². The van der Waals surface area contributed by atoms with Gasteiger partial charge in [-0.15, -0.1) is 0 Å². The van der Waals surface area contributed by atoms with E-state index in [0.717, 1.165) is 5.82 Å². The first-order chi connectivity index (χ1) is 7.56. The van der Waals surface area contributed by atoms with E-state index in [9.17, 15) is 4.79 Å². The van der Waals surface area contributed by atoms with Crippen molar-refractivity contribution in [2.75, 3.05) is 11.9 Å². The molecule has 0 saturated heterocycles. The van der Waals surface area contributed by atoms with Gasteiger partial charge in [-0.2, -0.15) is 5.26 Å². The first kappa shape index (κ1) is 12.2. The molecule has 1 heterocycles. The summed E-state index contributed by atoms with van der Waals surface area (Å²) in [5, 5.41) is 8.61. The molecule has 84 valence electrons. The van der Waals surface area contributed by atoms with Gasteiger partial charge in [0.15, 0.2) is 5.78 Å². The Morgan fingerprint density at radius 2 is 2.31 bits per heavy atom. The Bertz CT molecular complexity index is 405. The fourth-order valence-corrected chi connectivity index (χ4v) is 1.30. The minimum atomic E-state index is 0.00627. The number of carbonyl (C=O) groups excluding carboxylic acids is 1. The number of hydrogen-bond donors (Lipinski definition) is 0. The SMILES string of the molecule is CC(=O)c1ccc(N(C)C(C)CC#N)nc1. The van der Waals surface area contributed by atoms with Crippen LogP contribution in [0, 0.1) is 11.3 Å². The molecule has 0 bridgehead atoms. The third-order valence-corrected chi connectivity index (χ3v) is 2.56. The zero-order valence-electron chi connectivity index (χ0n) is 9.77. The van der Waals surface area contributed by atoms with Crippen LogP contribution in [0.4, 0.5) is 5.82 Å². The van der Waals surface area contributed by atoms with Crippen molar-refractivity contribution < 1.29 is 4.79 Å². The van der Waals surface area contributed by atoms with E-state index in [4.69, 9.17) is 5.26 Å². The Labute approximate surface area is 95.5 Å². The van der Waals surface area contributed by atoms with Crippen molar-refractivity contribution in [1.82, 2.24) is 4.98 Å². The summed E-state index contributed by atoms with van der Waals surface area (Å²) in [7, 11) is 1.89. The lowest BCUT2D eigenvalue weighted by atomic mass is 10.2. The predicted octanol–water partition coefficient (Wildman–Crippen LogP) is 2.02. The van der Waals surface area contributed by atoms with Crippen molar-refractivity contribution in [3.05, 3.63) is 23.9 Å². The number of ketones is 1. The molecule has 1 aromatic heterocycles. The average molecular weight is 217 g/mol. The van der Waals surface area contributed by atoms with E-state index in [2.05, 4.69) is 11.1 Å². The minimum absolute atomic E-state index is 0.00627. The van der Waals surface area contributed by atoms with Crippen LogP contribution in [0.15, 0.2) is 18.3 Å². The number of nitrogens with zero attached hydrogens (tertiary/aromatic N) is 3. The van der Waals surface area contributed by atoms with Crippen molar-refractivity contribution in [2.24, 2.45) is 0 Å². The monoisotopic (exact) mass is 217 g/mol. The summed E-state index contributed by atoms with van der Waals surface area (Å²) in [6.45, 7) is 3.47. The second-order valence-corrected chi connectivity index (χ2v) is 3.78. The molecule has 4 heteroatoms. The van der Waals surface area contributed by atoms with Gasteiger partial charge in [-0.05, 0) is 26.0 Å². The number of carbonyl (C=O) groups is 1. The quantitative estimate of drug-likeness (QED) is 0.724. The van der Waals surface area contributed by atoms with E-state index in [-0.39, 0.29) is 11.8 Å². The van der Waals surface area contributed by atoms with Gasteiger partial charge in [0, 0.05) is 24.8 Å². The smallest absolute Gasteiger partial charge is 0.161 e. The second-order valence-electron chi connectivity index (χ2n) is 3.78. The molecule has 0 N–H and O–H groups in total. The Morgan fingerprint density at radius 1 is 1.62 bits per heavy atom. The highest BCUT2D eigenvalue weighted by molar-refractivity contribution is 5.93. The molecule has 0 amide bonds. The molecule has 1 atom stereocenters. The van der Waals surface area contributed by atoms with Crippen LogP contribution >= 0.6 is 0 Å². The summed E-state index contributed by atoms with van der Waals surface area (Å²) in [5.41, 5.74) is 0.602. The van der Waals surface area contributed by atoms with Crippen molar-refractivity contribution in [2.45, 2.75) is 26.3 Å². The first-order valence-corrected chi connectivity index (χ1v) is 5.13. The molecule has 0 aliphatic carbocycles. The predicted molar refractivity (Wildman–Crippen MR) is 62.3 cm³/mol.